The van der Waals surface area contributed by atoms with Crippen molar-refractivity contribution < 1.29 is 24.5 Å². The summed E-state index contributed by atoms with van der Waals surface area (Å²) in [7, 11) is 0. The van der Waals surface area contributed by atoms with E-state index in [4.69, 9.17) is 4.74 Å². The van der Waals surface area contributed by atoms with E-state index in [1.54, 1.807) is 23.5 Å². The van der Waals surface area contributed by atoms with E-state index in [0.29, 0.717) is 66.5 Å². The van der Waals surface area contributed by atoms with Crippen LogP contribution in [0, 0.1) is 5.92 Å². The third-order valence-electron chi connectivity index (χ3n) is 10.8. The number of aliphatic hydroxyl groups excluding tert-OH is 1. The lowest BCUT2D eigenvalue weighted by molar-refractivity contribution is -0.154. The van der Waals surface area contributed by atoms with Gasteiger partial charge in [0.2, 0.25) is 5.56 Å². The summed E-state index contributed by atoms with van der Waals surface area (Å²) in [5.74, 6) is -0.0353. The Kier molecular flexibility index (Phi) is 12.8. The lowest BCUT2D eigenvalue weighted by Gasteiger charge is -2.33. The van der Waals surface area contributed by atoms with Crippen LogP contribution in [-0.4, -0.2) is 71.3 Å². The van der Waals surface area contributed by atoms with Gasteiger partial charge in [-0.3, -0.25) is 19.8 Å². The molecule has 1 aliphatic heterocycles. The monoisotopic (exact) mass is 783 g/mol. The molecule has 5 aromatic rings. The van der Waals surface area contributed by atoms with Crippen molar-refractivity contribution in [3.8, 4) is 5.75 Å². The molecule has 0 bridgehead atoms. The number of unbranched alkanes of at least 4 members (excludes halogenated alkanes) is 1. The smallest absolute Gasteiger partial charge is 0.331 e. The Bertz CT molecular complexity index is 2130. The summed E-state index contributed by atoms with van der Waals surface area (Å²) in [5, 5.41) is 33.4. The molecule has 290 valence electrons. The average Bonchev–Trinajstić information content (AvgIpc) is 3.98. The van der Waals surface area contributed by atoms with E-state index >= 15 is 0 Å². The first-order valence-corrected chi connectivity index (χ1v) is 20.8. The maximum absolute atomic E-state index is 14.0. The number of carbonyl (C=O) groups excluding carboxylic acids is 2. The van der Waals surface area contributed by atoms with Crippen molar-refractivity contribution in [3.05, 3.63) is 120 Å². The number of H-pyrrole nitrogens is 1. The standard InChI is InChI=1S/C42H49N5O6S2/c48-35-12-10-32(33-11-14-38(50)46-39(33)35)36(49)25-43-19-3-4-20-44-40(51)37-13-9-30(55-37)24-45-42(18-15-29-6-1-2-8-34(29)42)41(52)53-27-28-16-21-47(22-17-28)26-31-7-5-23-54-31/h1-2,5-14,23,28,36,43,45,48-49H,3-4,15-22,24-27H2,(H,44,51)(H,46,50)/t36-,42?/m0/s1. The number of aromatic nitrogens is 1. The fraction of sp³-hybridized carbons (Fsp3) is 0.405. The average molecular weight is 784 g/mol. The van der Waals surface area contributed by atoms with Gasteiger partial charge >= 0.3 is 5.97 Å². The third kappa shape index (κ3) is 9.37. The molecule has 55 heavy (non-hydrogen) atoms. The second kappa shape index (κ2) is 18.1. The van der Waals surface area contributed by atoms with Crippen LogP contribution in [0.2, 0.25) is 0 Å². The van der Waals surface area contributed by atoms with Gasteiger partial charge in [0, 0.05) is 47.4 Å². The number of carbonyl (C=O) groups is 2. The van der Waals surface area contributed by atoms with Gasteiger partial charge in [-0.1, -0.05) is 36.4 Å². The molecule has 4 heterocycles. The molecule has 6 N–H and O–H groups in total. The zero-order chi connectivity index (χ0) is 38.2. The number of esters is 1. The van der Waals surface area contributed by atoms with Gasteiger partial charge in [-0.05, 0) is 116 Å². The fourth-order valence-electron chi connectivity index (χ4n) is 7.73. The van der Waals surface area contributed by atoms with Crippen molar-refractivity contribution in [2.75, 3.05) is 39.3 Å². The SMILES string of the molecule is O=C(NCCCCNC[C@H](O)c1ccc(O)c2[nH]c(=O)ccc12)c1ccc(CNC2(C(=O)OCC3CCN(Cc4cccs4)CC3)CCc3ccccc32)s1. The number of aryl methyl sites for hydroxylation is 1. The highest BCUT2D eigenvalue weighted by Crippen LogP contribution is 2.39. The third-order valence-corrected chi connectivity index (χ3v) is 12.8. The Balaban J connectivity index is 0.846. The molecule has 1 unspecified atom stereocenters. The first-order valence-electron chi connectivity index (χ1n) is 19.1. The van der Waals surface area contributed by atoms with Crippen LogP contribution in [0.4, 0.5) is 0 Å². The number of aromatic amines is 1. The van der Waals surface area contributed by atoms with Gasteiger partial charge in [-0.25, -0.2) is 4.79 Å². The van der Waals surface area contributed by atoms with Gasteiger partial charge in [0.25, 0.3) is 5.91 Å². The van der Waals surface area contributed by atoms with E-state index in [0.717, 1.165) is 67.7 Å². The molecule has 7 rings (SSSR count). The van der Waals surface area contributed by atoms with Crippen molar-refractivity contribution in [2.45, 2.75) is 63.3 Å². The number of phenolic OH excluding ortho intramolecular Hbond substituents is 1. The number of rotatable bonds is 17. The number of piperidine rings is 1. The topological polar surface area (TPSA) is 156 Å². The van der Waals surface area contributed by atoms with Crippen molar-refractivity contribution >= 4 is 45.5 Å². The lowest BCUT2D eigenvalue weighted by Crippen LogP contribution is -2.48. The fourth-order valence-corrected chi connectivity index (χ4v) is 9.34. The van der Waals surface area contributed by atoms with Gasteiger partial charge in [0.1, 0.15) is 11.3 Å². The summed E-state index contributed by atoms with van der Waals surface area (Å²) in [5.41, 5.74) is 1.82. The Hall–Kier alpha value is -4.37. The van der Waals surface area contributed by atoms with Crippen LogP contribution >= 0.6 is 22.7 Å². The van der Waals surface area contributed by atoms with Crippen molar-refractivity contribution in [3.63, 3.8) is 0 Å². The van der Waals surface area contributed by atoms with Gasteiger partial charge in [-0.2, -0.15) is 0 Å². The normalized spacial score (nSPS) is 18.0. The molecule has 1 fully saturated rings. The minimum absolute atomic E-state index is 0.0439. The van der Waals surface area contributed by atoms with Crippen LogP contribution in [0.3, 0.4) is 0 Å². The number of aliphatic hydroxyl groups is 1. The molecular formula is C42H49N5O6S2. The number of amides is 1. The zero-order valence-corrected chi connectivity index (χ0v) is 32.5. The molecule has 2 aliphatic rings. The van der Waals surface area contributed by atoms with E-state index in [2.05, 4.69) is 49.4 Å². The highest BCUT2D eigenvalue weighted by molar-refractivity contribution is 7.14. The Morgan fingerprint density at radius 2 is 1.82 bits per heavy atom. The lowest BCUT2D eigenvalue weighted by atomic mass is 9.91. The molecular weight excluding hydrogens is 735 g/mol. The summed E-state index contributed by atoms with van der Waals surface area (Å²) in [6.07, 6.45) is 4.19. The summed E-state index contributed by atoms with van der Waals surface area (Å²) in [6.45, 7) is 5.35. The predicted molar refractivity (Wildman–Crippen MR) is 217 cm³/mol. The highest BCUT2D eigenvalue weighted by Gasteiger charge is 2.46. The zero-order valence-electron chi connectivity index (χ0n) is 30.9. The van der Waals surface area contributed by atoms with Crippen LogP contribution in [0.25, 0.3) is 10.9 Å². The molecule has 0 spiro atoms. The van der Waals surface area contributed by atoms with Crippen LogP contribution in [0.5, 0.6) is 5.75 Å². The predicted octanol–water partition coefficient (Wildman–Crippen LogP) is 5.58. The molecule has 2 atom stereocenters. The van der Waals surface area contributed by atoms with Crippen LogP contribution in [-0.2, 0) is 34.6 Å². The quantitative estimate of drug-likeness (QED) is 0.0524. The molecule has 0 radical (unpaired) electrons. The van der Waals surface area contributed by atoms with Gasteiger partial charge in [0.15, 0.2) is 0 Å². The number of fused-ring (bicyclic) bond motifs is 2. The van der Waals surface area contributed by atoms with E-state index in [1.165, 1.54) is 28.3 Å². The summed E-state index contributed by atoms with van der Waals surface area (Å²) in [4.78, 5) is 46.7. The number of hydrogen-bond acceptors (Lipinski definition) is 11. The molecule has 2 aromatic carbocycles. The highest BCUT2D eigenvalue weighted by atomic mass is 32.1. The molecule has 11 nitrogen and oxygen atoms in total. The maximum Gasteiger partial charge on any atom is 0.331 e. The number of nitrogens with zero attached hydrogens (tertiary/aromatic N) is 1. The second-order valence-corrected chi connectivity index (χ2v) is 16.7. The van der Waals surface area contributed by atoms with Crippen LogP contribution in [0.15, 0.2) is 83.0 Å². The molecule has 13 heteroatoms. The number of aromatic hydroxyl groups is 1. The molecule has 3 aromatic heterocycles. The van der Waals surface area contributed by atoms with E-state index in [9.17, 15) is 24.6 Å². The van der Waals surface area contributed by atoms with Crippen molar-refractivity contribution in [1.82, 2.24) is 25.8 Å². The molecule has 1 saturated heterocycles. The number of likely N-dealkylation sites (tertiary alicyclic amines) is 1. The summed E-state index contributed by atoms with van der Waals surface area (Å²) < 4.78 is 6.12. The summed E-state index contributed by atoms with van der Waals surface area (Å²) in [6, 6.07) is 22.3. The number of thiophene rings is 2. The Labute approximate surface area is 328 Å². The Morgan fingerprint density at radius 1 is 0.982 bits per heavy atom. The minimum atomic E-state index is -0.925. The number of phenols is 1. The van der Waals surface area contributed by atoms with Gasteiger partial charge < -0.3 is 30.6 Å². The number of nitrogens with one attached hydrogen (secondary N) is 4. The number of hydrogen-bond donors (Lipinski definition) is 6. The van der Waals surface area contributed by atoms with E-state index in [1.807, 2.05) is 30.3 Å². The van der Waals surface area contributed by atoms with Gasteiger partial charge in [0.05, 0.1) is 23.1 Å². The number of benzene rings is 2. The number of pyridine rings is 1. The minimum Gasteiger partial charge on any atom is -0.506 e. The first-order chi connectivity index (χ1) is 26.8. The second-order valence-electron chi connectivity index (χ2n) is 14.5. The first kappa shape index (κ1) is 38.9. The molecule has 0 saturated carbocycles. The number of ether oxygens (including phenoxy) is 1. The maximum atomic E-state index is 14.0. The van der Waals surface area contributed by atoms with Crippen LogP contribution < -0.4 is 21.5 Å². The molecule has 1 amide bonds. The van der Waals surface area contributed by atoms with E-state index < -0.39 is 11.6 Å². The van der Waals surface area contributed by atoms with E-state index in [-0.39, 0.29) is 23.2 Å². The molecule has 1 aliphatic carbocycles. The summed E-state index contributed by atoms with van der Waals surface area (Å²) >= 11 is 3.22. The van der Waals surface area contributed by atoms with Crippen LogP contribution in [0.1, 0.15) is 74.3 Å². The van der Waals surface area contributed by atoms with Crippen molar-refractivity contribution in [1.29, 1.82) is 0 Å². The Morgan fingerprint density at radius 3 is 2.65 bits per heavy atom. The van der Waals surface area contributed by atoms with Gasteiger partial charge in [-0.15, -0.1) is 22.7 Å². The van der Waals surface area contributed by atoms with Crippen molar-refractivity contribution in [2.24, 2.45) is 5.92 Å². The largest absolute Gasteiger partial charge is 0.506 e.